The predicted octanol–water partition coefficient (Wildman–Crippen LogP) is 2.31. The van der Waals surface area contributed by atoms with Crippen LogP contribution in [-0.2, 0) is 11.3 Å². The Hall–Kier alpha value is -0.320. The molecular formula is C10H14BrNO2. The fraction of sp³-hybridized carbons (Fsp3) is 0.600. The number of hydrogen-bond acceptors (Lipinski definition) is 3. The van der Waals surface area contributed by atoms with Gasteiger partial charge < -0.3 is 14.5 Å². The van der Waals surface area contributed by atoms with E-state index < -0.39 is 0 Å². The van der Waals surface area contributed by atoms with Gasteiger partial charge >= 0.3 is 0 Å². The molecule has 2 heterocycles. The SMILES string of the molecule is Brc1ccoc1CNC1CCOCC1. The predicted molar refractivity (Wildman–Crippen MR) is 57.1 cm³/mol. The van der Waals surface area contributed by atoms with Crippen molar-refractivity contribution in [3.8, 4) is 0 Å². The van der Waals surface area contributed by atoms with Crippen LogP contribution in [0.4, 0.5) is 0 Å². The second-order valence-corrected chi connectivity index (χ2v) is 4.31. The van der Waals surface area contributed by atoms with Crippen LogP contribution in [-0.4, -0.2) is 19.3 Å². The molecule has 0 amide bonds. The Morgan fingerprint density at radius 2 is 2.21 bits per heavy atom. The van der Waals surface area contributed by atoms with Gasteiger partial charge in [0.2, 0.25) is 0 Å². The van der Waals surface area contributed by atoms with Gasteiger partial charge in [-0.05, 0) is 34.8 Å². The first-order chi connectivity index (χ1) is 6.86. The van der Waals surface area contributed by atoms with Crippen molar-refractivity contribution in [2.75, 3.05) is 13.2 Å². The molecule has 4 heteroatoms. The third-order valence-corrected chi connectivity index (χ3v) is 3.17. The molecular weight excluding hydrogens is 246 g/mol. The summed E-state index contributed by atoms with van der Waals surface area (Å²) in [5.41, 5.74) is 0. The second kappa shape index (κ2) is 4.96. The number of ether oxygens (including phenoxy) is 1. The highest BCUT2D eigenvalue weighted by atomic mass is 79.9. The number of furan rings is 1. The molecule has 1 saturated heterocycles. The summed E-state index contributed by atoms with van der Waals surface area (Å²) in [7, 11) is 0. The molecule has 0 aromatic carbocycles. The molecule has 78 valence electrons. The minimum absolute atomic E-state index is 0.570. The van der Waals surface area contributed by atoms with Crippen molar-refractivity contribution in [3.05, 3.63) is 22.6 Å². The fourth-order valence-corrected chi connectivity index (χ4v) is 1.93. The maximum Gasteiger partial charge on any atom is 0.131 e. The Balaban J connectivity index is 1.79. The van der Waals surface area contributed by atoms with Crippen LogP contribution in [0.1, 0.15) is 18.6 Å². The standard InChI is InChI=1S/C10H14BrNO2/c11-9-3-6-14-10(9)7-12-8-1-4-13-5-2-8/h3,6,8,12H,1-2,4-5,7H2. The molecule has 0 spiro atoms. The molecule has 0 unspecified atom stereocenters. The summed E-state index contributed by atoms with van der Waals surface area (Å²) in [5, 5.41) is 3.46. The highest BCUT2D eigenvalue weighted by molar-refractivity contribution is 9.10. The van der Waals surface area contributed by atoms with Crippen LogP contribution in [0.2, 0.25) is 0 Å². The number of rotatable bonds is 3. The largest absolute Gasteiger partial charge is 0.467 e. The normalized spacial score (nSPS) is 18.6. The van der Waals surface area contributed by atoms with E-state index in [9.17, 15) is 0 Å². The van der Waals surface area contributed by atoms with Crippen LogP contribution in [0.5, 0.6) is 0 Å². The van der Waals surface area contributed by atoms with Gasteiger partial charge in [0.15, 0.2) is 0 Å². The van der Waals surface area contributed by atoms with Gasteiger partial charge in [-0.25, -0.2) is 0 Å². The summed E-state index contributed by atoms with van der Waals surface area (Å²) < 4.78 is 11.6. The van der Waals surface area contributed by atoms with E-state index >= 15 is 0 Å². The monoisotopic (exact) mass is 259 g/mol. The number of nitrogens with one attached hydrogen (secondary N) is 1. The molecule has 14 heavy (non-hydrogen) atoms. The highest BCUT2D eigenvalue weighted by Crippen LogP contribution is 2.17. The van der Waals surface area contributed by atoms with Crippen molar-refractivity contribution in [2.45, 2.75) is 25.4 Å². The van der Waals surface area contributed by atoms with Gasteiger partial charge in [-0.2, -0.15) is 0 Å². The van der Waals surface area contributed by atoms with Crippen LogP contribution >= 0.6 is 15.9 Å². The van der Waals surface area contributed by atoms with Gasteiger partial charge in [-0.3, -0.25) is 0 Å². The molecule has 2 rings (SSSR count). The van der Waals surface area contributed by atoms with E-state index in [1.807, 2.05) is 6.07 Å². The summed E-state index contributed by atoms with van der Waals surface area (Å²) in [6, 6.07) is 2.49. The van der Waals surface area contributed by atoms with Crippen molar-refractivity contribution in [1.82, 2.24) is 5.32 Å². The molecule has 0 bridgehead atoms. The third-order valence-electron chi connectivity index (χ3n) is 2.46. The maximum absolute atomic E-state index is 5.31. The Labute approximate surface area is 91.9 Å². The minimum Gasteiger partial charge on any atom is -0.467 e. The average Bonchev–Trinajstić information content (AvgIpc) is 2.63. The second-order valence-electron chi connectivity index (χ2n) is 3.46. The van der Waals surface area contributed by atoms with Gasteiger partial charge in [0, 0.05) is 19.3 Å². The number of halogens is 1. The van der Waals surface area contributed by atoms with E-state index in [4.69, 9.17) is 9.15 Å². The van der Waals surface area contributed by atoms with Crippen LogP contribution in [0.25, 0.3) is 0 Å². The molecule has 0 saturated carbocycles. The lowest BCUT2D eigenvalue weighted by Crippen LogP contribution is -2.34. The Bertz CT molecular complexity index is 281. The Morgan fingerprint density at radius 1 is 1.43 bits per heavy atom. The summed E-state index contributed by atoms with van der Waals surface area (Å²) in [5.74, 6) is 0.969. The van der Waals surface area contributed by atoms with Crippen LogP contribution < -0.4 is 5.32 Å². The van der Waals surface area contributed by atoms with Crippen molar-refractivity contribution in [3.63, 3.8) is 0 Å². The molecule has 1 aliphatic rings. The van der Waals surface area contributed by atoms with Crippen molar-refractivity contribution < 1.29 is 9.15 Å². The minimum atomic E-state index is 0.570. The molecule has 1 aromatic heterocycles. The Morgan fingerprint density at radius 3 is 2.86 bits per heavy atom. The van der Waals surface area contributed by atoms with E-state index in [1.54, 1.807) is 6.26 Å². The van der Waals surface area contributed by atoms with Crippen molar-refractivity contribution >= 4 is 15.9 Å². The van der Waals surface area contributed by atoms with Gasteiger partial charge in [0.1, 0.15) is 5.76 Å². The number of hydrogen-bond donors (Lipinski definition) is 1. The van der Waals surface area contributed by atoms with Gasteiger partial charge in [-0.15, -0.1) is 0 Å². The first-order valence-corrected chi connectivity index (χ1v) is 5.68. The molecule has 1 fully saturated rings. The molecule has 0 radical (unpaired) electrons. The quantitative estimate of drug-likeness (QED) is 0.905. The molecule has 1 N–H and O–H groups in total. The van der Waals surface area contributed by atoms with Gasteiger partial charge in [0.05, 0.1) is 17.3 Å². The lowest BCUT2D eigenvalue weighted by molar-refractivity contribution is 0.0771. The third kappa shape index (κ3) is 2.59. The van der Waals surface area contributed by atoms with E-state index in [2.05, 4.69) is 21.2 Å². The zero-order chi connectivity index (χ0) is 9.80. The molecule has 0 atom stereocenters. The van der Waals surface area contributed by atoms with Gasteiger partial charge in [0.25, 0.3) is 0 Å². The van der Waals surface area contributed by atoms with Crippen LogP contribution in [0.3, 0.4) is 0 Å². The zero-order valence-electron chi connectivity index (χ0n) is 7.96. The lowest BCUT2D eigenvalue weighted by Gasteiger charge is -2.22. The summed E-state index contributed by atoms with van der Waals surface area (Å²) in [6.07, 6.45) is 3.89. The summed E-state index contributed by atoms with van der Waals surface area (Å²) >= 11 is 3.43. The zero-order valence-corrected chi connectivity index (χ0v) is 9.55. The molecule has 3 nitrogen and oxygen atoms in total. The van der Waals surface area contributed by atoms with Crippen molar-refractivity contribution in [2.24, 2.45) is 0 Å². The summed E-state index contributed by atoms with van der Waals surface area (Å²) in [4.78, 5) is 0. The fourth-order valence-electron chi connectivity index (χ4n) is 1.59. The van der Waals surface area contributed by atoms with Crippen LogP contribution in [0, 0.1) is 0 Å². The smallest absolute Gasteiger partial charge is 0.131 e. The van der Waals surface area contributed by atoms with Crippen molar-refractivity contribution in [1.29, 1.82) is 0 Å². The highest BCUT2D eigenvalue weighted by Gasteiger charge is 2.13. The Kier molecular flexibility index (Phi) is 3.61. The van der Waals surface area contributed by atoms with Crippen LogP contribution in [0.15, 0.2) is 21.2 Å². The molecule has 1 aromatic rings. The average molecular weight is 260 g/mol. The topological polar surface area (TPSA) is 34.4 Å². The van der Waals surface area contributed by atoms with E-state index in [0.717, 1.165) is 42.8 Å². The van der Waals surface area contributed by atoms with Gasteiger partial charge in [-0.1, -0.05) is 0 Å². The molecule has 1 aliphatic heterocycles. The molecule has 0 aliphatic carbocycles. The first kappa shape index (κ1) is 10.2. The summed E-state index contributed by atoms with van der Waals surface area (Å²) in [6.45, 7) is 2.53. The first-order valence-electron chi connectivity index (χ1n) is 4.89. The van der Waals surface area contributed by atoms with E-state index in [-0.39, 0.29) is 0 Å². The lowest BCUT2D eigenvalue weighted by atomic mass is 10.1. The van der Waals surface area contributed by atoms with E-state index in [0.29, 0.717) is 6.04 Å². The maximum atomic E-state index is 5.31. The van der Waals surface area contributed by atoms with E-state index in [1.165, 1.54) is 0 Å².